The first-order valence-corrected chi connectivity index (χ1v) is 8.41. The van der Waals surface area contributed by atoms with Gasteiger partial charge in [-0.3, -0.25) is 9.59 Å². The molecule has 2 aromatic carbocycles. The van der Waals surface area contributed by atoms with Gasteiger partial charge < -0.3 is 15.5 Å². The van der Waals surface area contributed by atoms with E-state index in [-0.39, 0.29) is 18.4 Å². The summed E-state index contributed by atoms with van der Waals surface area (Å²) in [6.07, 6.45) is 0. The SMILES string of the molecule is CN(C)C(=O)c1ccc(NC(=O)CNc2cc(Cl)c(Cl)cc2Cl)cc1. The average molecular weight is 401 g/mol. The molecule has 2 aromatic rings. The van der Waals surface area contributed by atoms with Crippen molar-refractivity contribution in [1.82, 2.24) is 4.90 Å². The van der Waals surface area contributed by atoms with Crippen LogP contribution >= 0.6 is 34.8 Å². The Morgan fingerprint density at radius 2 is 1.56 bits per heavy atom. The Balaban J connectivity index is 1.94. The fourth-order valence-corrected chi connectivity index (χ4v) is 2.61. The first-order valence-electron chi connectivity index (χ1n) is 7.28. The summed E-state index contributed by atoms with van der Waals surface area (Å²) in [5, 5.41) is 6.68. The van der Waals surface area contributed by atoms with Crippen LogP contribution in [0, 0.1) is 0 Å². The van der Waals surface area contributed by atoms with Gasteiger partial charge in [-0.1, -0.05) is 34.8 Å². The molecule has 2 amide bonds. The normalized spacial score (nSPS) is 10.3. The topological polar surface area (TPSA) is 61.4 Å². The molecule has 0 saturated carbocycles. The summed E-state index contributed by atoms with van der Waals surface area (Å²) >= 11 is 17.8. The van der Waals surface area contributed by atoms with Crippen molar-refractivity contribution in [3.63, 3.8) is 0 Å². The lowest BCUT2D eigenvalue weighted by Gasteiger charge is -2.12. The molecular formula is C17H16Cl3N3O2. The van der Waals surface area contributed by atoms with Crippen LogP contribution < -0.4 is 10.6 Å². The van der Waals surface area contributed by atoms with Crippen LogP contribution in [-0.2, 0) is 4.79 Å². The number of rotatable bonds is 5. The number of hydrogen-bond donors (Lipinski definition) is 2. The van der Waals surface area contributed by atoms with Crippen molar-refractivity contribution < 1.29 is 9.59 Å². The van der Waals surface area contributed by atoms with Crippen LogP contribution in [0.4, 0.5) is 11.4 Å². The number of anilines is 2. The van der Waals surface area contributed by atoms with Crippen molar-refractivity contribution in [3.8, 4) is 0 Å². The molecule has 0 aliphatic carbocycles. The maximum Gasteiger partial charge on any atom is 0.253 e. The molecule has 0 unspecified atom stereocenters. The molecule has 25 heavy (non-hydrogen) atoms. The van der Waals surface area contributed by atoms with E-state index in [0.717, 1.165) is 0 Å². The van der Waals surface area contributed by atoms with E-state index in [1.165, 1.54) is 11.0 Å². The van der Waals surface area contributed by atoms with E-state index in [0.29, 0.717) is 32.0 Å². The Bertz CT molecular complexity index is 792. The zero-order valence-electron chi connectivity index (χ0n) is 13.6. The minimum atomic E-state index is -0.270. The van der Waals surface area contributed by atoms with Gasteiger partial charge in [-0.25, -0.2) is 0 Å². The summed E-state index contributed by atoms with van der Waals surface area (Å²) in [4.78, 5) is 25.3. The van der Waals surface area contributed by atoms with Gasteiger partial charge in [0.05, 0.1) is 27.3 Å². The van der Waals surface area contributed by atoms with Crippen LogP contribution in [0.3, 0.4) is 0 Å². The maximum atomic E-state index is 12.0. The lowest BCUT2D eigenvalue weighted by Crippen LogP contribution is -2.23. The zero-order valence-corrected chi connectivity index (χ0v) is 15.8. The number of benzene rings is 2. The van der Waals surface area contributed by atoms with Crippen molar-refractivity contribution >= 4 is 58.0 Å². The third kappa shape index (κ3) is 5.26. The molecule has 0 radical (unpaired) electrons. The minimum Gasteiger partial charge on any atom is -0.375 e. The highest BCUT2D eigenvalue weighted by molar-refractivity contribution is 6.44. The van der Waals surface area contributed by atoms with Gasteiger partial charge in [0.15, 0.2) is 0 Å². The lowest BCUT2D eigenvalue weighted by atomic mass is 10.2. The number of nitrogens with one attached hydrogen (secondary N) is 2. The quantitative estimate of drug-likeness (QED) is 0.731. The zero-order chi connectivity index (χ0) is 18.6. The van der Waals surface area contributed by atoms with Crippen molar-refractivity contribution in [2.45, 2.75) is 0 Å². The van der Waals surface area contributed by atoms with Crippen LogP contribution in [-0.4, -0.2) is 37.4 Å². The summed E-state index contributed by atoms with van der Waals surface area (Å²) in [7, 11) is 3.36. The van der Waals surface area contributed by atoms with E-state index in [1.807, 2.05) is 0 Å². The molecular weight excluding hydrogens is 385 g/mol. The Labute approximate surface area is 160 Å². The molecule has 0 aromatic heterocycles. The molecule has 5 nitrogen and oxygen atoms in total. The lowest BCUT2D eigenvalue weighted by molar-refractivity contribution is -0.114. The number of carbonyl (C=O) groups excluding carboxylic acids is 2. The van der Waals surface area contributed by atoms with Gasteiger partial charge in [-0.15, -0.1) is 0 Å². The Morgan fingerprint density at radius 1 is 0.960 bits per heavy atom. The van der Waals surface area contributed by atoms with E-state index in [9.17, 15) is 9.59 Å². The molecule has 8 heteroatoms. The molecule has 0 aliphatic heterocycles. The van der Waals surface area contributed by atoms with E-state index < -0.39 is 0 Å². The minimum absolute atomic E-state index is 0.00391. The summed E-state index contributed by atoms with van der Waals surface area (Å²) in [6.45, 7) is -0.00391. The molecule has 2 rings (SSSR count). The van der Waals surface area contributed by atoms with E-state index in [4.69, 9.17) is 34.8 Å². The first kappa shape index (κ1) is 19.4. The summed E-state index contributed by atoms with van der Waals surface area (Å²) < 4.78 is 0. The van der Waals surface area contributed by atoms with Crippen molar-refractivity contribution in [2.24, 2.45) is 0 Å². The maximum absolute atomic E-state index is 12.0. The van der Waals surface area contributed by atoms with Crippen molar-refractivity contribution in [1.29, 1.82) is 0 Å². The number of nitrogens with zero attached hydrogens (tertiary/aromatic N) is 1. The van der Waals surface area contributed by atoms with Crippen LogP contribution in [0.25, 0.3) is 0 Å². The summed E-state index contributed by atoms with van der Waals surface area (Å²) in [6, 6.07) is 9.71. The molecule has 0 fully saturated rings. The molecule has 2 N–H and O–H groups in total. The average Bonchev–Trinajstić information content (AvgIpc) is 2.57. The van der Waals surface area contributed by atoms with Crippen molar-refractivity contribution in [2.75, 3.05) is 31.3 Å². The second-order valence-electron chi connectivity index (χ2n) is 5.42. The van der Waals surface area contributed by atoms with E-state index in [2.05, 4.69) is 10.6 Å². The molecule has 0 heterocycles. The Morgan fingerprint density at radius 3 is 2.16 bits per heavy atom. The third-order valence-corrected chi connectivity index (χ3v) is 4.31. The smallest absolute Gasteiger partial charge is 0.253 e. The monoisotopic (exact) mass is 399 g/mol. The number of hydrogen-bond acceptors (Lipinski definition) is 3. The molecule has 0 saturated heterocycles. The van der Waals surface area contributed by atoms with Gasteiger partial charge in [0.2, 0.25) is 5.91 Å². The number of amides is 2. The second kappa shape index (κ2) is 8.43. The van der Waals surface area contributed by atoms with Crippen LogP contribution in [0.5, 0.6) is 0 Å². The van der Waals surface area contributed by atoms with Crippen LogP contribution in [0.1, 0.15) is 10.4 Å². The highest BCUT2D eigenvalue weighted by Gasteiger charge is 2.10. The first-order chi connectivity index (χ1) is 11.8. The molecule has 0 atom stereocenters. The van der Waals surface area contributed by atoms with Gasteiger partial charge >= 0.3 is 0 Å². The largest absolute Gasteiger partial charge is 0.375 e. The standard InChI is InChI=1S/C17H16Cl3N3O2/c1-23(2)17(25)10-3-5-11(6-4-10)22-16(24)9-21-15-8-13(19)12(18)7-14(15)20/h3-8,21H,9H2,1-2H3,(H,22,24). The van der Waals surface area contributed by atoms with Gasteiger partial charge in [-0.2, -0.15) is 0 Å². The van der Waals surface area contributed by atoms with Crippen LogP contribution in [0.2, 0.25) is 15.1 Å². The third-order valence-electron chi connectivity index (χ3n) is 3.27. The fourth-order valence-electron chi connectivity index (χ4n) is 1.99. The predicted molar refractivity (Wildman–Crippen MR) is 103 cm³/mol. The summed E-state index contributed by atoms with van der Waals surface area (Å²) in [5.41, 5.74) is 1.64. The summed E-state index contributed by atoms with van der Waals surface area (Å²) in [5.74, 6) is -0.373. The van der Waals surface area contributed by atoms with Gasteiger partial charge in [-0.05, 0) is 36.4 Å². The van der Waals surface area contributed by atoms with Crippen LogP contribution in [0.15, 0.2) is 36.4 Å². The predicted octanol–water partition coefficient (Wildman–Crippen LogP) is 4.40. The van der Waals surface area contributed by atoms with Crippen molar-refractivity contribution in [3.05, 3.63) is 57.0 Å². The molecule has 0 bridgehead atoms. The molecule has 0 spiro atoms. The number of carbonyl (C=O) groups is 2. The Kier molecular flexibility index (Phi) is 6.53. The highest BCUT2D eigenvalue weighted by atomic mass is 35.5. The second-order valence-corrected chi connectivity index (χ2v) is 6.65. The van der Waals surface area contributed by atoms with E-state index >= 15 is 0 Å². The number of halogens is 3. The van der Waals surface area contributed by atoms with Gasteiger partial charge in [0, 0.05) is 25.3 Å². The van der Waals surface area contributed by atoms with Gasteiger partial charge in [0.25, 0.3) is 5.91 Å². The Hall–Kier alpha value is -1.95. The molecule has 132 valence electrons. The van der Waals surface area contributed by atoms with E-state index in [1.54, 1.807) is 44.4 Å². The fraction of sp³-hybridized carbons (Fsp3) is 0.176. The molecule has 0 aliphatic rings. The van der Waals surface area contributed by atoms with Gasteiger partial charge in [0.1, 0.15) is 0 Å². The highest BCUT2D eigenvalue weighted by Crippen LogP contribution is 2.32.